The van der Waals surface area contributed by atoms with Crippen LogP contribution in [0.25, 0.3) is 0 Å². The summed E-state index contributed by atoms with van der Waals surface area (Å²) in [5.41, 5.74) is 4.89. The number of pyridine rings is 1. The molecule has 3 amide bonds. The molecule has 0 saturated heterocycles. The number of carbonyl (C=O) groups is 3. The van der Waals surface area contributed by atoms with E-state index in [9.17, 15) is 14.4 Å². The third kappa shape index (κ3) is 4.68. The van der Waals surface area contributed by atoms with Gasteiger partial charge in [-0.2, -0.15) is 0 Å². The van der Waals surface area contributed by atoms with E-state index in [2.05, 4.69) is 21.2 Å². The van der Waals surface area contributed by atoms with Crippen LogP contribution >= 0.6 is 0 Å². The highest BCUT2D eigenvalue weighted by molar-refractivity contribution is 5.96. The molecule has 3 N–H and O–H groups in total. The molecule has 7 nitrogen and oxygen atoms in total. The lowest BCUT2D eigenvalue weighted by molar-refractivity contribution is -0.129. The monoisotopic (exact) mass is 278 g/mol. The smallest absolute Gasteiger partial charge is 0.271 e. The lowest BCUT2D eigenvalue weighted by atomic mass is 10.0. The van der Waals surface area contributed by atoms with E-state index >= 15 is 0 Å². The van der Waals surface area contributed by atoms with Crippen LogP contribution in [0.1, 0.15) is 31.1 Å². The second kappa shape index (κ2) is 7.22. The van der Waals surface area contributed by atoms with Gasteiger partial charge in [0.05, 0.1) is 5.56 Å². The Bertz CT molecular complexity index is 488. The SMILES string of the molecule is CC(=O)NC(C(=O)NNC(=O)c1cccnc1)C(C)C. The van der Waals surface area contributed by atoms with E-state index in [-0.39, 0.29) is 11.8 Å². The molecule has 0 bridgehead atoms. The molecular weight excluding hydrogens is 260 g/mol. The van der Waals surface area contributed by atoms with E-state index in [4.69, 9.17) is 0 Å². The van der Waals surface area contributed by atoms with Crippen molar-refractivity contribution in [2.24, 2.45) is 5.92 Å². The zero-order valence-corrected chi connectivity index (χ0v) is 11.6. The summed E-state index contributed by atoms with van der Waals surface area (Å²) in [5.74, 6) is -1.36. The molecular formula is C13H18N4O3. The molecule has 0 saturated carbocycles. The standard InChI is InChI=1S/C13H18N4O3/c1-8(2)11(15-9(3)18)13(20)17-16-12(19)10-5-4-6-14-7-10/h4-8,11H,1-3H3,(H,15,18)(H,16,19)(H,17,20). The van der Waals surface area contributed by atoms with Gasteiger partial charge >= 0.3 is 0 Å². The number of hydrazine groups is 1. The van der Waals surface area contributed by atoms with E-state index in [1.807, 2.05) is 0 Å². The Morgan fingerprint density at radius 1 is 1.20 bits per heavy atom. The van der Waals surface area contributed by atoms with Crippen LogP contribution in [0.15, 0.2) is 24.5 Å². The summed E-state index contributed by atoms with van der Waals surface area (Å²) in [7, 11) is 0. The van der Waals surface area contributed by atoms with Crippen LogP contribution in [0.4, 0.5) is 0 Å². The van der Waals surface area contributed by atoms with Gasteiger partial charge in [0.2, 0.25) is 5.91 Å². The third-order valence-electron chi connectivity index (χ3n) is 2.53. The Hall–Kier alpha value is -2.44. The number of carbonyl (C=O) groups excluding carboxylic acids is 3. The minimum atomic E-state index is -0.707. The molecule has 1 aromatic rings. The van der Waals surface area contributed by atoms with Crippen LogP contribution in [0.3, 0.4) is 0 Å². The Labute approximate surface area is 117 Å². The van der Waals surface area contributed by atoms with E-state index in [1.54, 1.807) is 32.2 Å². The van der Waals surface area contributed by atoms with Gasteiger partial charge in [0.15, 0.2) is 0 Å². The van der Waals surface area contributed by atoms with Gasteiger partial charge in [-0.05, 0) is 18.1 Å². The van der Waals surface area contributed by atoms with Crippen molar-refractivity contribution in [1.29, 1.82) is 0 Å². The highest BCUT2D eigenvalue weighted by atomic mass is 16.2. The van der Waals surface area contributed by atoms with Gasteiger partial charge in [-0.15, -0.1) is 0 Å². The maximum atomic E-state index is 11.9. The highest BCUT2D eigenvalue weighted by Gasteiger charge is 2.23. The molecule has 0 radical (unpaired) electrons. The zero-order valence-electron chi connectivity index (χ0n) is 11.6. The molecule has 0 fully saturated rings. The molecule has 1 unspecified atom stereocenters. The maximum Gasteiger partial charge on any atom is 0.271 e. The molecule has 0 aliphatic carbocycles. The van der Waals surface area contributed by atoms with Crippen LogP contribution < -0.4 is 16.2 Å². The first-order valence-corrected chi connectivity index (χ1v) is 6.19. The van der Waals surface area contributed by atoms with Gasteiger partial charge in [-0.25, -0.2) is 0 Å². The van der Waals surface area contributed by atoms with Gasteiger partial charge in [-0.3, -0.25) is 30.2 Å². The van der Waals surface area contributed by atoms with E-state index in [0.29, 0.717) is 5.56 Å². The van der Waals surface area contributed by atoms with Crippen LogP contribution in [0, 0.1) is 5.92 Å². The van der Waals surface area contributed by atoms with Crippen molar-refractivity contribution in [1.82, 2.24) is 21.2 Å². The number of rotatable bonds is 4. The average molecular weight is 278 g/mol. The fraction of sp³-hybridized carbons (Fsp3) is 0.385. The van der Waals surface area contributed by atoms with Gasteiger partial charge < -0.3 is 5.32 Å². The normalized spacial score (nSPS) is 11.6. The lowest BCUT2D eigenvalue weighted by Gasteiger charge is -2.20. The van der Waals surface area contributed by atoms with E-state index < -0.39 is 17.9 Å². The fourth-order valence-electron chi connectivity index (χ4n) is 1.52. The summed E-state index contributed by atoms with van der Waals surface area (Å²) in [5, 5.41) is 2.53. The van der Waals surface area contributed by atoms with Crippen molar-refractivity contribution in [3.63, 3.8) is 0 Å². The molecule has 20 heavy (non-hydrogen) atoms. The minimum Gasteiger partial charge on any atom is -0.344 e. The number of nitrogens with one attached hydrogen (secondary N) is 3. The molecule has 0 aliphatic rings. The Balaban J connectivity index is 2.57. The molecule has 1 atom stereocenters. The zero-order chi connectivity index (χ0) is 15.1. The molecule has 1 aromatic heterocycles. The predicted octanol–water partition coefficient (Wildman–Crippen LogP) is 0.00330. The van der Waals surface area contributed by atoms with Crippen LogP contribution in [0.5, 0.6) is 0 Å². The molecule has 0 aromatic carbocycles. The van der Waals surface area contributed by atoms with Gasteiger partial charge in [0.1, 0.15) is 6.04 Å². The molecule has 1 rings (SSSR count). The lowest BCUT2D eigenvalue weighted by Crippen LogP contribution is -2.54. The minimum absolute atomic E-state index is 0.103. The summed E-state index contributed by atoms with van der Waals surface area (Å²) in [6, 6.07) is 2.48. The Morgan fingerprint density at radius 2 is 1.90 bits per heavy atom. The summed E-state index contributed by atoms with van der Waals surface area (Å²) in [6.07, 6.45) is 2.93. The number of nitrogens with zero attached hydrogens (tertiary/aromatic N) is 1. The number of amides is 3. The molecule has 1 heterocycles. The van der Waals surface area contributed by atoms with Crippen molar-refractivity contribution in [3.8, 4) is 0 Å². The average Bonchev–Trinajstić information content (AvgIpc) is 2.42. The summed E-state index contributed by atoms with van der Waals surface area (Å²) in [4.78, 5) is 38.5. The second-order valence-corrected chi connectivity index (χ2v) is 4.61. The highest BCUT2D eigenvalue weighted by Crippen LogP contribution is 2.01. The van der Waals surface area contributed by atoms with Crippen LogP contribution in [0.2, 0.25) is 0 Å². The molecule has 7 heteroatoms. The quantitative estimate of drug-likeness (QED) is 0.675. The van der Waals surface area contributed by atoms with Crippen LogP contribution in [-0.2, 0) is 9.59 Å². The predicted molar refractivity (Wildman–Crippen MR) is 72.3 cm³/mol. The van der Waals surface area contributed by atoms with Gasteiger partial charge in [0.25, 0.3) is 11.8 Å². The second-order valence-electron chi connectivity index (χ2n) is 4.61. The van der Waals surface area contributed by atoms with E-state index in [0.717, 1.165) is 0 Å². The number of hydrogen-bond donors (Lipinski definition) is 3. The summed E-state index contributed by atoms with van der Waals surface area (Å²) < 4.78 is 0. The van der Waals surface area contributed by atoms with Gasteiger partial charge in [0, 0.05) is 19.3 Å². The first-order valence-electron chi connectivity index (χ1n) is 6.19. The Kier molecular flexibility index (Phi) is 5.64. The number of aromatic nitrogens is 1. The van der Waals surface area contributed by atoms with Crippen LogP contribution in [-0.4, -0.2) is 28.7 Å². The molecule has 0 spiro atoms. The summed E-state index contributed by atoms with van der Waals surface area (Å²) >= 11 is 0. The summed E-state index contributed by atoms with van der Waals surface area (Å²) in [6.45, 7) is 4.92. The fourth-order valence-corrected chi connectivity index (χ4v) is 1.52. The largest absolute Gasteiger partial charge is 0.344 e. The maximum absolute atomic E-state index is 11.9. The van der Waals surface area contributed by atoms with E-state index in [1.165, 1.54) is 13.1 Å². The Morgan fingerprint density at radius 3 is 2.40 bits per heavy atom. The third-order valence-corrected chi connectivity index (χ3v) is 2.53. The number of hydrogen-bond acceptors (Lipinski definition) is 4. The first-order chi connectivity index (χ1) is 9.41. The molecule has 108 valence electrons. The topological polar surface area (TPSA) is 100 Å². The van der Waals surface area contributed by atoms with Crippen molar-refractivity contribution in [2.45, 2.75) is 26.8 Å². The van der Waals surface area contributed by atoms with Crippen molar-refractivity contribution < 1.29 is 14.4 Å². The van der Waals surface area contributed by atoms with Crippen molar-refractivity contribution in [3.05, 3.63) is 30.1 Å². The van der Waals surface area contributed by atoms with Crippen molar-refractivity contribution >= 4 is 17.7 Å². The van der Waals surface area contributed by atoms with Gasteiger partial charge in [-0.1, -0.05) is 13.8 Å². The molecule has 0 aliphatic heterocycles. The van der Waals surface area contributed by atoms with Crippen molar-refractivity contribution in [2.75, 3.05) is 0 Å². The first kappa shape index (κ1) is 15.6.